The maximum Gasteiger partial charge on any atom is 0.172 e. The lowest BCUT2D eigenvalue weighted by atomic mass is 10.1. The van der Waals surface area contributed by atoms with Crippen molar-refractivity contribution >= 4 is 0 Å². The van der Waals surface area contributed by atoms with E-state index in [-0.39, 0.29) is 0 Å². The summed E-state index contributed by atoms with van der Waals surface area (Å²) in [6, 6.07) is 12.9. The van der Waals surface area contributed by atoms with Crippen molar-refractivity contribution in [3.63, 3.8) is 0 Å². The van der Waals surface area contributed by atoms with Crippen LogP contribution in [-0.4, -0.2) is 9.97 Å². The third-order valence-corrected chi connectivity index (χ3v) is 7.26. The van der Waals surface area contributed by atoms with Crippen LogP contribution < -0.4 is 4.57 Å². The lowest BCUT2D eigenvalue weighted by molar-refractivity contribution is -0.697. The number of hydrogen-bond donors (Lipinski definition) is 0. The van der Waals surface area contributed by atoms with Gasteiger partial charge in [-0.25, -0.2) is 4.57 Å². The van der Waals surface area contributed by atoms with Gasteiger partial charge in [0.15, 0.2) is 12.4 Å². The molecule has 3 aromatic heterocycles. The molecule has 0 aliphatic carbocycles. The van der Waals surface area contributed by atoms with Gasteiger partial charge < -0.3 is 0 Å². The Morgan fingerprint density at radius 3 is 1.67 bits per heavy atom. The van der Waals surface area contributed by atoms with Gasteiger partial charge in [-0.15, -0.1) is 0 Å². The summed E-state index contributed by atoms with van der Waals surface area (Å²) in [7, 11) is 0. The predicted molar refractivity (Wildman–Crippen MR) is 165 cm³/mol. The van der Waals surface area contributed by atoms with Gasteiger partial charge in [-0.3, -0.25) is 9.97 Å². The van der Waals surface area contributed by atoms with Crippen LogP contribution in [0.25, 0.3) is 0 Å². The van der Waals surface area contributed by atoms with Gasteiger partial charge in [0.25, 0.3) is 0 Å². The summed E-state index contributed by atoms with van der Waals surface area (Å²) in [6.45, 7) is 1.11. The smallest absolute Gasteiger partial charge is 0.172 e. The quantitative estimate of drug-likeness (QED) is 0.0790. The molecule has 0 aliphatic heterocycles. The SMILES string of the molecule is C(=C/CCCC[n+]1cccc(C/C=C/CCCCCCc2cccnc2)c1)/CCCCCCc1cccnc1. The standard InChI is InChI=1S/C36H50N3/c1(3-6-10-14-21-34-24-18-27-37-31-34)2-4-9-13-17-29-39-30-20-26-36(33-39)23-16-12-8-5-7-11-15-22-35-25-19-28-38-32-35/h2,4,12,16,18-20,24-28,30-33H,1,3,5-11,13-15,17,21-23,29H2/q+1/b4-2-,16-12+. The van der Waals surface area contributed by atoms with Gasteiger partial charge in [0.1, 0.15) is 6.54 Å². The third-order valence-electron chi connectivity index (χ3n) is 7.26. The Bertz CT molecular complexity index is 1040. The Morgan fingerprint density at radius 2 is 1.08 bits per heavy atom. The van der Waals surface area contributed by atoms with Crippen LogP contribution in [-0.2, 0) is 25.8 Å². The van der Waals surface area contributed by atoms with Crippen LogP contribution in [0.5, 0.6) is 0 Å². The number of rotatable bonds is 21. The Balaban J connectivity index is 1.13. The van der Waals surface area contributed by atoms with Crippen LogP contribution in [0.15, 0.2) is 97.9 Å². The van der Waals surface area contributed by atoms with E-state index in [0.29, 0.717) is 0 Å². The highest BCUT2D eigenvalue weighted by molar-refractivity contribution is 5.10. The first-order valence-corrected chi connectivity index (χ1v) is 15.5. The highest BCUT2D eigenvalue weighted by Gasteiger charge is 2.01. The highest BCUT2D eigenvalue weighted by Crippen LogP contribution is 2.10. The second-order valence-electron chi connectivity index (χ2n) is 10.7. The molecule has 3 heterocycles. The van der Waals surface area contributed by atoms with Gasteiger partial charge in [0.2, 0.25) is 0 Å². The lowest BCUT2D eigenvalue weighted by Gasteiger charge is -2.01. The average molecular weight is 525 g/mol. The van der Waals surface area contributed by atoms with Gasteiger partial charge in [-0.2, -0.15) is 0 Å². The number of allylic oxidation sites excluding steroid dienone is 4. The van der Waals surface area contributed by atoms with Crippen molar-refractivity contribution in [1.29, 1.82) is 0 Å². The molecule has 3 rings (SSSR count). The molecule has 0 aliphatic rings. The monoisotopic (exact) mass is 524 g/mol. The van der Waals surface area contributed by atoms with Gasteiger partial charge in [-0.05, 0) is 100.0 Å². The minimum Gasteiger partial charge on any atom is -0.264 e. The molecular formula is C36H50N3+. The summed E-state index contributed by atoms with van der Waals surface area (Å²) in [6.07, 6.45) is 41.6. The maximum atomic E-state index is 4.20. The van der Waals surface area contributed by atoms with E-state index in [4.69, 9.17) is 0 Å². The van der Waals surface area contributed by atoms with Crippen LogP contribution in [0, 0.1) is 0 Å². The van der Waals surface area contributed by atoms with E-state index in [9.17, 15) is 0 Å². The average Bonchev–Trinajstić information content (AvgIpc) is 2.98. The molecule has 0 bridgehead atoms. The highest BCUT2D eigenvalue weighted by atomic mass is 14.9. The Morgan fingerprint density at radius 1 is 0.538 bits per heavy atom. The van der Waals surface area contributed by atoms with Crippen molar-refractivity contribution in [2.75, 3.05) is 0 Å². The van der Waals surface area contributed by atoms with Crippen molar-refractivity contribution < 1.29 is 4.57 Å². The largest absolute Gasteiger partial charge is 0.264 e. The van der Waals surface area contributed by atoms with Crippen molar-refractivity contribution in [2.24, 2.45) is 0 Å². The zero-order valence-electron chi connectivity index (χ0n) is 24.1. The molecule has 0 N–H and O–H groups in total. The first-order valence-electron chi connectivity index (χ1n) is 15.5. The minimum absolute atomic E-state index is 1.04. The molecule has 0 saturated heterocycles. The number of unbranched alkanes of at least 4 members (excludes halogenated alkanes) is 10. The van der Waals surface area contributed by atoms with Crippen LogP contribution in [0.4, 0.5) is 0 Å². The summed E-state index contributed by atoms with van der Waals surface area (Å²) in [4.78, 5) is 8.39. The van der Waals surface area contributed by atoms with Crippen LogP contribution in [0.2, 0.25) is 0 Å². The summed E-state index contributed by atoms with van der Waals surface area (Å²) in [5.41, 5.74) is 4.13. The molecule has 3 heteroatoms. The first-order chi connectivity index (χ1) is 19.4. The Hall–Kier alpha value is -3.07. The van der Waals surface area contributed by atoms with E-state index in [1.807, 2.05) is 36.9 Å². The Labute approximate surface area is 238 Å². The molecule has 0 amide bonds. The molecule has 0 aromatic carbocycles. The fourth-order valence-electron chi connectivity index (χ4n) is 4.95. The van der Waals surface area contributed by atoms with E-state index < -0.39 is 0 Å². The lowest BCUT2D eigenvalue weighted by Crippen LogP contribution is -2.33. The molecule has 0 fully saturated rings. The van der Waals surface area contributed by atoms with Crippen molar-refractivity contribution in [3.8, 4) is 0 Å². The summed E-state index contributed by atoms with van der Waals surface area (Å²) in [5, 5.41) is 0. The van der Waals surface area contributed by atoms with Crippen LogP contribution >= 0.6 is 0 Å². The number of nitrogens with zero attached hydrogens (tertiary/aromatic N) is 3. The minimum atomic E-state index is 1.04. The zero-order valence-corrected chi connectivity index (χ0v) is 24.1. The third kappa shape index (κ3) is 15.2. The molecule has 0 saturated carbocycles. The van der Waals surface area contributed by atoms with Gasteiger partial charge in [-0.1, -0.05) is 62.1 Å². The number of hydrogen-bond acceptors (Lipinski definition) is 2. The zero-order chi connectivity index (χ0) is 27.1. The second-order valence-corrected chi connectivity index (χ2v) is 10.7. The van der Waals surface area contributed by atoms with Crippen molar-refractivity contribution in [3.05, 3.63) is 115 Å². The number of pyridine rings is 3. The molecule has 39 heavy (non-hydrogen) atoms. The number of aromatic nitrogens is 3. The van der Waals surface area contributed by atoms with E-state index in [1.165, 1.54) is 100 Å². The molecule has 0 spiro atoms. The van der Waals surface area contributed by atoms with Crippen LogP contribution in [0.3, 0.4) is 0 Å². The Kier molecular flexibility index (Phi) is 16.3. The van der Waals surface area contributed by atoms with Crippen molar-refractivity contribution in [1.82, 2.24) is 9.97 Å². The van der Waals surface area contributed by atoms with Gasteiger partial charge >= 0.3 is 0 Å². The topological polar surface area (TPSA) is 29.7 Å². The summed E-state index contributed by atoms with van der Waals surface area (Å²) in [5.74, 6) is 0. The molecule has 0 unspecified atom stereocenters. The fourth-order valence-corrected chi connectivity index (χ4v) is 4.95. The molecule has 0 radical (unpaired) electrons. The molecule has 208 valence electrons. The van der Waals surface area contributed by atoms with Crippen LogP contribution in [0.1, 0.15) is 100 Å². The number of aryl methyl sites for hydroxylation is 3. The first kappa shape index (κ1) is 30.5. The predicted octanol–water partition coefficient (Wildman–Crippen LogP) is 8.98. The van der Waals surface area contributed by atoms with Crippen molar-refractivity contribution in [2.45, 2.75) is 109 Å². The summed E-state index contributed by atoms with van der Waals surface area (Å²) < 4.78 is 2.36. The maximum absolute atomic E-state index is 4.20. The van der Waals surface area contributed by atoms with Gasteiger partial charge in [0.05, 0.1) is 0 Å². The fraction of sp³-hybridized carbons (Fsp3) is 0.472. The molecule has 3 nitrogen and oxygen atoms in total. The normalized spacial score (nSPS) is 11.6. The molecule has 0 atom stereocenters. The molecule has 3 aromatic rings. The second kappa shape index (κ2) is 20.8. The molecular weight excluding hydrogens is 474 g/mol. The van der Waals surface area contributed by atoms with E-state index in [1.54, 1.807) is 0 Å². The summed E-state index contributed by atoms with van der Waals surface area (Å²) >= 11 is 0. The van der Waals surface area contributed by atoms with E-state index >= 15 is 0 Å². The van der Waals surface area contributed by atoms with Gasteiger partial charge in [0, 0.05) is 42.8 Å². The van der Waals surface area contributed by atoms with E-state index in [0.717, 1.165) is 25.8 Å². The van der Waals surface area contributed by atoms with E-state index in [2.05, 4.69) is 75.5 Å².